The summed E-state index contributed by atoms with van der Waals surface area (Å²) in [6.07, 6.45) is 1.05. The Morgan fingerprint density at radius 1 is 1.67 bits per heavy atom. The summed E-state index contributed by atoms with van der Waals surface area (Å²) in [6, 6.07) is 2.77. The number of hydrogen-bond acceptors (Lipinski definition) is 2. The van der Waals surface area contributed by atoms with Crippen molar-refractivity contribution in [1.82, 2.24) is 4.90 Å². The van der Waals surface area contributed by atoms with Gasteiger partial charge in [-0.3, -0.25) is 0 Å². The lowest BCUT2D eigenvalue weighted by atomic mass is 10.0. The predicted molar refractivity (Wildman–Crippen MR) is 35.8 cm³/mol. The molecule has 1 heterocycles. The highest BCUT2D eigenvalue weighted by atomic mass is 15.1. The van der Waals surface area contributed by atoms with Crippen LogP contribution in [0.25, 0.3) is 0 Å². The zero-order valence-corrected chi connectivity index (χ0v) is 5.96. The van der Waals surface area contributed by atoms with Crippen LogP contribution in [-0.4, -0.2) is 24.5 Å². The second kappa shape index (κ2) is 2.36. The molecule has 0 amide bonds. The Kier molecular flexibility index (Phi) is 1.73. The molecule has 2 nitrogen and oxygen atoms in total. The Bertz CT molecular complexity index is 136. The Labute approximate surface area is 56.1 Å². The van der Waals surface area contributed by atoms with Gasteiger partial charge in [0.05, 0.1) is 12.0 Å². The maximum atomic E-state index is 8.58. The summed E-state index contributed by atoms with van der Waals surface area (Å²) < 4.78 is 0. The number of nitrogens with zero attached hydrogens (tertiary/aromatic N) is 2. The maximum Gasteiger partial charge on any atom is 0.0672 e. The van der Waals surface area contributed by atoms with Crippen LogP contribution in [-0.2, 0) is 0 Å². The van der Waals surface area contributed by atoms with Gasteiger partial charge in [-0.05, 0) is 26.9 Å². The molecule has 1 aliphatic rings. The summed E-state index contributed by atoms with van der Waals surface area (Å²) >= 11 is 0. The van der Waals surface area contributed by atoms with E-state index in [1.165, 1.54) is 0 Å². The van der Waals surface area contributed by atoms with Crippen LogP contribution in [0.4, 0.5) is 0 Å². The highest BCUT2D eigenvalue weighted by Gasteiger charge is 2.27. The van der Waals surface area contributed by atoms with Crippen molar-refractivity contribution >= 4 is 0 Å². The predicted octanol–water partition coefficient (Wildman–Crippen LogP) is 0.850. The van der Waals surface area contributed by atoms with E-state index in [-0.39, 0.29) is 5.92 Å². The molecule has 1 fully saturated rings. The molecule has 0 aromatic rings. The first-order chi connectivity index (χ1) is 4.25. The van der Waals surface area contributed by atoms with Crippen LogP contribution >= 0.6 is 0 Å². The molecule has 0 radical (unpaired) electrons. The largest absolute Gasteiger partial charge is 0.302 e. The van der Waals surface area contributed by atoms with Crippen LogP contribution in [0.2, 0.25) is 0 Å². The third-order valence-corrected chi connectivity index (χ3v) is 2.24. The molecule has 0 saturated carbocycles. The van der Waals surface area contributed by atoms with Crippen LogP contribution < -0.4 is 0 Å². The fraction of sp³-hybridized carbons (Fsp3) is 0.857. The molecule has 1 saturated heterocycles. The van der Waals surface area contributed by atoms with E-state index < -0.39 is 0 Å². The summed E-state index contributed by atoms with van der Waals surface area (Å²) in [6.45, 7) is 3.19. The quantitative estimate of drug-likeness (QED) is 0.478. The molecule has 0 spiro atoms. The molecule has 9 heavy (non-hydrogen) atoms. The highest BCUT2D eigenvalue weighted by Crippen LogP contribution is 2.20. The van der Waals surface area contributed by atoms with Crippen LogP contribution in [0.1, 0.15) is 13.3 Å². The fourth-order valence-electron chi connectivity index (χ4n) is 1.27. The van der Waals surface area contributed by atoms with E-state index in [1.54, 1.807) is 0 Å². The molecule has 0 aromatic heterocycles. The molecule has 2 unspecified atom stereocenters. The van der Waals surface area contributed by atoms with Crippen LogP contribution in [0, 0.1) is 17.2 Å². The molecule has 0 aromatic carbocycles. The maximum absolute atomic E-state index is 8.58. The first kappa shape index (κ1) is 6.57. The number of likely N-dealkylation sites (tertiary alicyclic amines) is 1. The fourth-order valence-corrected chi connectivity index (χ4v) is 1.27. The molecule has 2 heteroatoms. The first-order valence-electron chi connectivity index (χ1n) is 3.35. The van der Waals surface area contributed by atoms with Gasteiger partial charge in [-0.15, -0.1) is 0 Å². The topological polar surface area (TPSA) is 27.0 Å². The highest BCUT2D eigenvalue weighted by molar-refractivity contribution is 4.95. The minimum absolute atomic E-state index is 0.273. The lowest BCUT2D eigenvalue weighted by Crippen LogP contribution is -2.24. The number of rotatable bonds is 0. The van der Waals surface area contributed by atoms with Crippen molar-refractivity contribution in [3.8, 4) is 6.07 Å². The van der Waals surface area contributed by atoms with E-state index in [2.05, 4.69) is 24.9 Å². The average molecular weight is 124 g/mol. The lowest BCUT2D eigenvalue weighted by Gasteiger charge is -2.14. The Morgan fingerprint density at radius 2 is 2.33 bits per heavy atom. The summed E-state index contributed by atoms with van der Waals surface area (Å²) in [4.78, 5) is 2.23. The standard InChI is InChI=1S/C7H12N2/c1-6-7(5-8)3-4-9(6)2/h6-7H,3-4H2,1-2H3. The molecule has 0 N–H and O–H groups in total. The van der Waals surface area contributed by atoms with E-state index in [1.807, 2.05) is 0 Å². The van der Waals surface area contributed by atoms with Crippen molar-refractivity contribution in [3.05, 3.63) is 0 Å². The smallest absolute Gasteiger partial charge is 0.0672 e. The monoisotopic (exact) mass is 124 g/mol. The minimum Gasteiger partial charge on any atom is -0.302 e. The molecule has 1 rings (SSSR count). The third-order valence-electron chi connectivity index (χ3n) is 2.24. The van der Waals surface area contributed by atoms with E-state index in [0.717, 1.165) is 13.0 Å². The minimum atomic E-state index is 0.273. The second-order valence-electron chi connectivity index (χ2n) is 2.75. The Hall–Kier alpha value is -0.550. The first-order valence-corrected chi connectivity index (χ1v) is 3.35. The zero-order valence-electron chi connectivity index (χ0n) is 5.96. The summed E-state index contributed by atoms with van der Waals surface area (Å²) in [5.41, 5.74) is 0. The molecular formula is C7H12N2. The number of nitriles is 1. The van der Waals surface area contributed by atoms with Gasteiger partial charge in [0, 0.05) is 6.04 Å². The lowest BCUT2D eigenvalue weighted by molar-refractivity contribution is 0.313. The van der Waals surface area contributed by atoms with Crippen LogP contribution in [0.3, 0.4) is 0 Å². The van der Waals surface area contributed by atoms with Gasteiger partial charge in [0.15, 0.2) is 0 Å². The van der Waals surface area contributed by atoms with E-state index in [4.69, 9.17) is 5.26 Å². The molecule has 1 aliphatic heterocycles. The summed E-state index contributed by atoms with van der Waals surface area (Å²) in [7, 11) is 2.07. The van der Waals surface area contributed by atoms with Crippen molar-refractivity contribution in [3.63, 3.8) is 0 Å². The van der Waals surface area contributed by atoms with Gasteiger partial charge in [0.25, 0.3) is 0 Å². The SMILES string of the molecule is CC1C(C#N)CCN1C. The van der Waals surface area contributed by atoms with Crippen LogP contribution in [0.5, 0.6) is 0 Å². The van der Waals surface area contributed by atoms with Crippen molar-refractivity contribution in [2.75, 3.05) is 13.6 Å². The van der Waals surface area contributed by atoms with Crippen molar-refractivity contribution in [2.24, 2.45) is 5.92 Å². The zero-order chi connectivity index (χ0) is 6.85. The van der Waals surface area contributed by atoms with Gasteiger partial charge in [0.2, 0.25) is 0 Å². The molecule has 2 atom stereocenters. The summed E-state index contributed by atoms with van der Waals surface area (Å²) in [5, 5.41) is 8.58. The van der Waals surface area contributed by atoms with Gasteiger partial charge in [-0.1, -0.05) is 0 Å². The Morgan fingerprint density at radius 3 is 2.56 bits per heavy atom. The molecular weight excluding hydrogens is 112 g/mol. The second-order valence-corrected chi connectivity index (χ2v) is 2.75. The van der Waals surface area contributed by atoms with E-state index in [0.29, 0.717) is 6.04 Å². The van der Waals surface area contributed by atoms with Gasteiger partial charge in [0.1, 0.15) is 0 Å². The van der Waals surface area contributed by atoms with Gasteiger partial charge >= 0.3 is 0 Å². The van der Waals surface area contributed by atoms with Crippen LogP contribution in [0.15, 0.2) is 0 Å². The summed E-state index contributed by atoms with van der Waals surface area (Å²) in [5.74, 6) is 0.273. The van der Waals surface area contributed by atoms with Crippen molar-refractivity contribution in [1.29, 1.82) is 5.26 Å². The van der Waals surface area contributed by atoms with E-state index in [9.17, 15) is 0 Å². The van der Waals surface area contributed by atoms with Crippen molar-refractivity contribution in [2.45, 2.75) is 19.4 Å². The average Bonchev–Trinajstić information content (AvgIpc) is 2.15. The van der Waals surface area contributed by atoms with E-state index >= 15 is 0 Å². The van der Waals surface area contributed by atoms with Gasteiger partial charge in [-0.2, -0.15) is 5.26 Å². The number of hydrogen-bond donors (Lipinski definition) is 0. The van der Waals surface area contributed by atoms with Gasteiger partial charge in [-0.25, -0.2) is 0 Å². The molecule has 0 aliphatic carbocycles. The Balaban J connectivity index is 2.54. The molecule has 50 valence electrons. The van der Waals surface area contributed by atoms with Crippen molar-refractivity contribution < 1.29 is 0 Å². The normalized spacial score (nSPS) is 36.6. The molecule has 0 bridgehead atoms. The third kappa shape index (κ3) is 1.06. The van der Waals surface area contributed by atoms with Gasteiger partial charge < -0.3 is 4.90 Å².